The van der Waals surface area contributed by atoms with Crippen LogP contribution >= 0.6 is 0 Å². The molecule has 132 valence electrons. The van der Waals surface area contributed by atoms with Crippen molar-refractivity contribution in [2.75, 3.05) is 6.79 Å². The molecule has 3 aromatic carbocycles. The van der Waals surface area contributed by atoms with Crippen LogP contribution in [0.5, 0.6) is 11.5 Å². The quantitative estimate of drug-likeness (QED) is 0.314. The largest absolute Gasteiger partial charge is 0.466 e. The molecule has 0 aliphatic carbocycles. The first-order valence-corrected chi connectivity index (χ1v) is 8.09. The van der Waals surface area contributed by atoms with Crippen LogP contribution in [0.4, 0.5) is 0 Å². The summed E-state index contributed by atoms with van der Waals surface area (Å²) in [6.45, 7) is 1.99. The molecule has 0 heterocycles. The Morgan fingerprint density at radius 1 is 0.808 bits per heavy atom. The summed E-state index contributed by atoms with van der Waals surface area (Å²) < 4.78 is 10.6. The molecule has 0 saturated carbocycles. The van der Waals surface area contributed by atoms with E-state index in [4.69, 9.17) is 15.4 Å². The standard InChI is InChI=1S/C21H19NO4/c1-15-2-4-16(5-3-15)17-6-12-20(13-7-17)26-21(23)18-8-10-19(11-9-18)24-14-25-22/h2-13H,14,22H2,1H3. The van der Waals surface area contributed by atoms with Gasteiger partial charge in [-0.15, -0.1) is 0 Å². The van der Waals surface area contributed by atoms with Crippen molar-refractivity contribution in [3.63, 3.8) is 0 Å². The molecule has 0 fully saturated rings. The van der Waals surface area contributed by atoms with Gasteiger partial charge in [0.05, 0.1) is 5.56 Å². The third-order valence-corrected chi connectivity index (χ3v) is 3.83. The van der Waals surface area contributed by atoms with Gasteiger partial charge in [0.25, 0.3) is 0 Å². The summed E-state index contributed by atoms with van der Waals surface area (Å²) in [5, 5.41) is 0. The summed E-state index contributed by atoms with van der Waals surface area (Å²) in [4.78, 5) is 16.6. The van der Waals surface area contributed by atoms with Gasteiger partial charge < -0.3 is 9.47 Å². The SMILES string of the molecule is Cc1ccc(-c2ccc(OC(=O)c3ccc(OCON)cc3)cc2)cc1. The Balaban J connectivity index is 1.64. The van der Waals surface area contributed by atoms with Crippen molar-refractivity contribution >= 4 is 5.97 Å². The normalized spacial score (nSPS) is 10.4. The number of rotatable bonds is 6. The van der Waals surface area contributed by atoms with E-state index in [2.05, 4.69) is 36.0 Å². The highest BCUT2D eigenvalue weighted by Crippen LogP contribution is 2.23. The molecule has 2 N–H and O–H groups in total. The molecule has 3 rings (SSSR count). The van der Waals surface area contributed by atoms with E-state index in [0.29, 0.717) is 17.1 Å². The highest BCUT2D eigenvalue weighted by Gasteiger charge is 2.09. The van der Waals surface area contributed by atoms with Crippen molar-refractivity contribution in [1.29, 1.82) is 0 Å². The molecule has 0 aromatic heterocycles. The summed E-state index contributed by atoms with van der Waals surface area (Å²) in [5.74, 6) is 5.50. The molecule has 5 heteroatoms. The van der Waals surface area contributed by atoms with Crippen LogP contribution in [0, 0.1) is 6.92 Å². The average molecular weight is 349 g/mol. The van der Waals surface area contributed by atoms with E-state index in [9.17, 15) is 4.79 Å². The minimum absolute atomic E-state index is 0.0584. The van der Waals surface area contributed by atoms with Gasteiger partial charge in [-0.1, -0.05) is 42.0 Å². The second-order valence-electron chi connectivity index (χ2n) is 5.73. The maximum absolute atomic E-state index is 12.2. The molecule has 5 nitrogen and oxygen atoms in total. The number of ether oxygens (including phenoxy) is 2. The number of nitrogens with two attached hydrogens (primary N) is 1. The molecule has 26 heavy (non-hydrogen) atoms. The molecule has 0 bridgehead atoms. The van der Waals surface area contributed by atoms with E-state index in [1.165, 1.54) is 5.56 Å². The van der Waals surface area contributed by atoms with Gasteiger partial charge >= 0.3 is 5.97 Å². The van der Waals surface area contributed by atoms with Crippen LogP contribution in [0.15, 0.2) is 72.8 Å². The first-order valence-electron chi connectivity index (χ1n) is 8.09. The Hall–Kier alpha value is -3.15. The second kappa shape index (κ2) is 8.29. The highest BCUT2D eigenvalue weighted by molar-refractivity contribution is 5.91. The van der Waals surface area contributed by atoms with Gasteiger partial charge in [0.2, 0.25) is 6.79 Å². The van der Waals surface area contributed by atoms with E-state index in [1.807, 2.05) is 12.1 Å². The van der Waals surface area contributed by atoms with Crippen LogP contribution in [0.3, 0.4) is 0 Å². The van der Waals surface area contributed by atoms with Gasteiger partial charge in [-0.2, -0.15) is 0 Å². The van der Waals surface area contributed by atoms with Crippen molar-refractivity contribution in [3.8, 4) is 22.6 Å². The Kier molecular flexibility index (Phi) is 5.63. The first-order chi connectivity index (χ1) is 12.7. The lowest BCUT2D eigenvalue weighted by Gasteiger charge is -2.07. The number of esters is 1. The molecular weight excluding hydrogens is 330 g/mol. The minimum Gasteiger partial charge on any atom is -0.466 e. The molecule has 0 saturated heterocycles. The maximum Gasteiger partial charge on any atom is 0.343 e. The zero-order chi connectivity index (χ0) is 18.4. The molecule has 0 atom stereocenters. The molecule has 0 unspecified atom stereocenters. The third-order valence-electron chi connectivity index (χ3n) is 3.83. The summed E-state index contributed by atoms with van der Waals surface area (Å²) in [6.07, 6.45) is 0. The predicted molar refractivity (Wildman–Crippen MR) is 98.8 cm³/mol. The van der Waals surface area contributed by atoms with Crippen LogP contribution in [0.2, 0.25) is 0 Å². The third kappa shape index (κ3) is 4.47. The van der Waals surface area contributed by atoms with Gasteiger partial charge in [0.15, 0.2) is 0 Å². The molecule has 0 spiro atoms. The van der Waals surface area contributed by atoms with E-state index in [0.717, 1.165) is 11.1 Å². The summed E-state index contributed by atoms with van der Waals surface area (Å²) in [7, 11) is 0. The fraction of sp³-hybridized carbons (Fsp3) is 0.0952. The molecule has 0 aliphatic rings. The summed E-state index contributed by atoms with van der Waals surface area (Å²) in [5.41, 5.74) is 3.82. The van der Waals surface area contributed by atoms with Crippen LogP contribution in [0.25, 0.3) is 11.1 Å². The Labute approximate surface area is 151 Å². The van der Waals surface area contributed by atoms with Crippen molar-refractivity contribution in [2.45, 2.75) is 6.92 Å². The molecule has 0 radical (unpaired) electrons. The molecular formula is C21H19NO4. The Morgan fingerprint density at radius 2 is 1.35 bits per heavy atom. The number of benzene rings is 3. The zero-order valence-corrected chi connectivity index (χ0v) is 14.3. The molecule has 3 aromatic rings. The molecule has 0 amide bonds. The highest BCUT2D eigenvalue weighted by atomic mass is 16.7. The van der Waals surface area contributed by atoms with Gasteiger partial charge in [-0.05, 0) is 54.4 Å². The summed E-state index contributed by atoms with van der Waals surface area (Å²) in [6, 6.07) is 22.2. The van der Waals surface area contributed by atoms with Crippen molar-refractivity contribution in [3.05, 3.63) is 83.9 Å². The van der Waals surface area contributed by atoms with E-state index in [-0.39, 0.29) is 6.79 Å². The monoisotopic (exact) mass is 349 g/mol. The molecule has 0 aliphatic heterocycles. The van der Waals surface area contributed by atoms with Crippen LogP contribution < -0.4 is 15.4 Å². The zero-order valence-electron chi connectivity index (χ0n) is 14.3. The lowest BCUT2D eigenvalue weighted by molar-refractivity contribution is 0.0145. The lowest BCUT2D eigenvalue weighted by atomic mass is 10.0. The average Bonchev–Trinajstić information content (AvgIpc) is 2.68. The number of carbonyl (C=O) groups excluding carboxylic acids is 1. The minimum atomic E-state index is -0.435. The Morgan fingerprint density at radius 3 is 1.92 bits per heavy atom. The maximum atomic E-state index is 12.2. The van der Waals surface area contributed by atoms with Gasteiger partial charge in [-0.3, -0.25) is 4.84 Å². The van der Waals surface area contributed by atoms with E-state index < -0.39 is 5.97 Å². The van der Waals surface area contributed by atoms with Crippen LogP contribution in [-0.4, -0.2) is 12.8 Å². The van der Waals surface area contributed by atoms with Gasteiger partial charge in [0, 0.05) is 0 Å². The number of carbonyl (C=O) groups is 1. The Bertz CT molecular complexity index is 856. The van der Waals surface area contributed by atoms with E-state index in [1.54, 1.807) is 36.4 Å². The van der Waals surface area contributed by atoms with Crippen LogP contribution in [-0.2, 0) is 4.84 Å². The smallest absolute Gasteiger partial charge is 0.343 e. The summed E-state index contributed by atoms with van der Waals surface area (Å²) >= 11 is 0. The lowest BCUT2D eigenvalue weighted by Crippen LogP contribution is -2.09. The number of aryl methyl sites for hydroxylation is 1. The van der Waals surface area contributed by atoms with Crippen molar-refractivity contribution < 1.29 is 19.1 Å². The number of hydrogen-bond acceptors (Lipinski definition) is 5. The van der Waals surface area contributed by atoms with Crippen molar-refractivity contribution in [2.24, 2.45) is 5.90 Å². The fourth-order valence-electron chi connectivity index (χ4n) is 2.42. The first kappa shape index (κ1) is 17.7. The van der Waals surface area contributed by atoms with Crippen molar-refractivity contribution in [1.82, 2.24) is 0 Å². The van der Waals surface area contributed by atoms with Crippen LogP contribution in [0.1, 0.15) is 15.9 Å². The fourth-order valence-corrected chi connectivity index (χ4v) is 2.42. The second-order valence-corrected chi connectivity index (χ2v) is 5.73. The van der Waals surface area contributed by atoms with Gasteiger partial charge in [0.1, 0.15) is 11.5 Å². The number of hydrogen-bond donors (Lipinski definition) is 1. The van der Waals surface area contributed by atoms with E-state index >= 15 is 0 Å². The predicted octanol–water partition coefficient (Wildman–Crippen LogP) is 4.11. The topological polar surface area (TPSA) is 70.8 Å². The van der Waals surface area contributed by atoms with Gasteiger partial charge in [-0.25, -0.2) is 10.7 Å².